The third-order valence-corrected chi connectivity index (χ3v) is 2.62. The van der Waals surface area contributed by atoms with Crippen molar-refractivity contribution in [2.75, 3.05) is 5.73 Å². The number of rotatable bonds is 2. The van der Waals surface area contributed by atoms with Gasteiger partial charge in [-0.05, 0) is 6.07 Å². The van der Waals surface area contributed by atoms with Gasteiger partial charge in [-0.15, -0.1) is 0 Å². The van der Waals surface area contributed by atoms with Crippen LogP contribution in [0.25, 0.3) is 22.5 Å². The van der Waals surface area contributed by atoms with Gasteiger partial charge in [0, 0.05) is 31.2 Å². The van der Waals surface area contributed by atoms with Crippen LogP contribution in [0.4, 0.5) is 5.88 Å². The van der Waals surface area contributed by atoms with Crippen LogP contribution in [0.1, 0.15) is 0 Å². The van der Waals surface area contributed by atoms with E-state index in [1.807, 2.05) is 29.9 Å². The Morgan fingerprint density at radius 2 is 2.28 bits per heavy atom. The van der Waals surface area contributed by atoms with Gasteiger partial charge in [0.25, 0.3) is 0 Å². The molecule has 0 aliphatic carbocycles. The quantitative estimate of drug-likeness (QED) is 0.738. The molecule has 0 radical (unpaired) electrons. The SMILES string of the molecule is Cn1cnc(-c2noc(N)c2-c2cccnc2)c1. The zero-order chi connectivity index (χ0) is 12.5. The highest BCUT2D eigenvalue weighted by Gasteiger charge is 2.18. The molecule has 3 rings (SSSR count). The van der Waals surface area contributed by atoms with Crippen LogP contribution in [0.2, 0.25) is 0 Å². The Morgan fingerprint density at radius 3 is 2.94 bits per heavy atom. The number of aryl methyl sites for hydroxylation is 1. The molecular formula is C12H11N5O. The highest BCUT2D eigenvalue weighted by molar-refractivity contribution is 5.85. The van der Waals surface area contributed by atoms with E-state index in [0.29, 0.717) is 5.69 Å². The fourth-order valence-corrected chi connectivity index (χ4v) is 1.80. The van der Waals surface area contributed by atoms with Gasteiger partial charge in [0.2, 0.25) is 5.88 Å². The normalized spacial score (nSPS) is 10.7. The lowest BCUT2D eigenvalue weighted by Gasteiger charge is -1.99. The summed E-state index contributed by atoms with van der Waals surface area (Å²) in [4.78, 5) is 8.32. The average Bonchev–Trinajstić information content (AvgIpc) is 2.96. The number of nitrogens with two attached hydrogens (primary N) is 1. The Labute approximate surface area is 103 Å². The Morgan fingerprint density at radius 1 is 1.39 bits per heavy atom. The zero-order valence-electron chi connectivity index (χ0n) is 9.74. The van der Waals surface area contributed by atoms with Crippen LogP contribution in [0.15, 0.2) is 41.6 Å². The third-order valence-electron chi connectivity index (χ3n) is 2.62. The van der Waals surface area contributed by atoms with Gasteiger partial charge in [0.1, 0.15) is 11.4 Å². The smallest absolute Gasteiger partial charge is 0.230 e. The molecule has 90 valence electrons. The summed E-state index contributed by atoms with van der Waals surface area (Å²) in [6.07, 6.45) is 6.98. The number of nitrogen functional groups attached to an aromatic ring is 1. The number of aromatic nitrogens is 4. The predicted molar refractivity (Wildman–Crippen MR) is 66.3 cm³/mol. The first-order valence-corrected chi connectivity index (χ1v) is 5.39. The Hall–Kier alpha value is -2.63. The van der Waals surface area contributed by atoms with Crippen LogP contribution >= 0.6 is 0 Å². The molecule has 0 aliphatic heterocycles. The molecule has 3 heterocycles. The molecule has 0 bridgehead atoms. The summed E-state index contributed by atoms with van der Waals surface area (Å²) in [5, 5.41) is 3.97. The van der Waals surface area contributed by atoms with Gasteiger partial charge in [0.15, 0.2) is 0 Å². The van der Waals surface area contributed by atoms with Crippen molar-refractivity contribution < 1.29 is 4.52 Å². The predicted octanol–water partition coefficient (Wildman–Crippen LogP) is 1.72. The van der Waals surface area contributed by atoms with Gasteiger partial charge in [-0.3, -0.25) is 4.98 Å². The summed E-state index contributed by atoms with van der Waals surface area (Å²) in [6, 6.07) is 3.74. The highest BCUT2D eigenvalue weighted by atomic mass is 16.5. The molecule has 6 heteroatoms. The minimum absolute atomic E-state index is 0.267. The lowest BCUT2D eigenvalue weighted by Crippen LogP contribution is -1.88. The highest BCUT2D eigenvalue weighted by Crippen LogP contribution is 2.34. The largest absolute Gasteiger partial charge is 0.367 e. The molecule has 0 amide bonds. The molecule has 0 saturated heterocycles. The molecule has 6 nitrogen and oxygen atoms in total. The van der Waals surface area contributed by atoms with Crippen molar-refractivity contribution >= 4 is 5.88 Å². The maximum Gasteiger partial charge on any atom is 0.230 e. The maximum absolute atomic E-state index is 5.83. The van der Waals surface area contributed by atoms with Crippen LogP contribution in [0, 0.1) is 0 Å². The van der Waals surface area contributed by atoms with Crippen molar-refractivity contribution in [3.8, 4) is 22.5 Å². The van der Waals surface area contributed by atoms with Crippen molar-refractivity contribution in [3.63, 3.8) is 0 Å². The summed E-state index contributed by atoms with van der Waals surface area (Å²) in [5.41, 5.74) is 8.75. The summed E-state index contributed by atoms with van der Waals surface area (Å²) >= 11 is 0. The van der Waals surface area contributed by atoms with Gasteiger partial charge >= 0.3 is 0 Å². The fraction of sp³-hybridized carbons (Fsp3) is 0.0833. The number of hydrogen-bond acceptors (Lipinski definition) is 5. The van der Waals surface area contributed by atoms with Crippen LogP contribution in [0.5, 0.6) is 0 Å². The molecule has 0 aromatic carbocycles. The van der Waals surface area contributed by atoms with Gasteiger partial charge in [0.05, 0.1) is 11.9 Å². The van der Waals surface area contributed by atoms with Crippen molar-refractivity contribution in [1.82, 2.24) is 19.7 Å². The van der Waals surface area contributed by atoms with E-state index in [1.165, 1.54) is 0 Å². The van der Waals surface area contributed by atoms with E-state index >= 15 is 0 Å². The summed E-state index contributed by atoms with van der Waals surface area (Å²) in [5.74, 6) is 0.267. The van der Waals surface area contributed by atoms with E-state index < -0.39 is 0 Å². The molecule has 0 fully saturated rings. The van der Waals surface area contributed by atoms with Gasteiger partial charge in [-0.1, -0.05) is 11.2 Å². The van der Waals surface area contributed by atoms with Crippen LogP contribution < -0.4 is 5.73 Å². The van der Waals surface area contributed by atoms with Crippen LogP contribution in [-0.4, -0.2) is 19.7 Å². The summed E-state index contributed by atoms with van der Waals surface area (Å²) in [7, 11) is 1.89. The maximum atomic E-state index is 5.83. The molecule has 3 aromatic rings. The lowest BCUT2D eigenvalue weighted by atomic mass is 10.1. The zero-order valence-corrected chi connectivity index (χ0v) is 9.74. The van der Waals surface area contributed by atoms with E-state index in [-0.39, 0.29) is 5.88 Å². The topological polar surface area (TPSA) is 82.8 Å². The molecule has 2 N–H and O–H groups in total. The number of nitrogens with zero attached hydrogens (tertiary/aromatic N) is 4. The summed E-state index contributed by atoms with van der Waals surface area (Å²) < 4.78 is 6.90. The average molecular weight is 241 g/mol. The minimum Gasteiger partial charge on any atom is -0.367 e. The first-order chi connectivity index (χ1) is 8.75. The van der Waals surface area contributed by atoms with E-state index in [9.17, 15) is 0 Å². The Kier molecular flexibility index (Phi) is 2.33. The Bertz CT molecular complexity index is 671. The van der Waals surface area contributed by atoms with Crippen LogP contribution in [0.3, 0.4) is 0 Å². The first-order valence-electron chi connectivity index (χ1n) is 5.39. The van der Waals surface area contributed by atoms with E-state index in [4.69, 9.17) is 10.3 Å². The molecule has 0 saturated carbocycles. The van der Waals surface area contributed by atoms with Gasteiger partial charge in [-0.25, -0.2) is 4.98 Å². The lowest BCUT2D eigenvalue weighted by molar-refractivity contribution is 0.439. The second-order valence-corrected chi connectivity index (χ2v) is 3.94. The van der Waals surface area contributed by atoms with Gasteiger partial charge < -0.3 is 14.8 Å². The number of hydrogen-bond donors (Lipinski definition) is 1. The molecule has 0 aliphatic rings. The number of pyridine rings is 1. The second-order valence-electron chi connectivity index (χ2n) is 3.94. The Balaban J connectivity index is 2.18. The third kappa shape index (κ3) is 1.64. The second kappa shape index (κ2) is 3.99. The molecular weight excluding hydrogens is 230 g/mol. The van der Waals surface area contributed by atoms with Crippen molar-refractivity contribution in [3.05, 3.63) is 37.1 Å². The molecule has 18 heavy (non-hydrogen) atoms. The molecule has 0 unspecified atom stereocenters. The number of anilines is 1. The van der Waals surface area contributed by atoms with Gasteiger partial charge in [-0.2, -0.15) is 0 Å². The van der Waals surface area contributed by atoms with Crippen molar-refractivity contribution in [1.29, 1.82) is 0 Å². The molecule has 3 aromatic heterocycles. The molecule has 0 spiro atoms. The minimum atomic E-state index is 0.267. The fourth-order valence-electron chi connectivity index (χ4n) is 1.80. The van der Waals surface area contributed by atoms with Crippen molar-refractivity contribution in [2.45, 2.75) is 0 Å². The standard InChI is InChI=1S/C12H11N5O/c1-17-6-9(15-7-17)11-10(12(13)18-16-11)8-3-2-4-14-5-8/h2-7H,13H2,1H3. The van der Waals surface area contributed by atoms with Crippen molar-refractivity contribution in [2.24, 2.45) is 7.05 Å². The van der Waals surface area contributed by atoms with E-state index in [0.717, 1.165) is 16.8 Å². The number of imidazole rings is 1. The van der Waals surface area contributed by atoms with E-state index in [2.05, 4.69) is 15.1 Å². The monoisotopic (exact) mass is 241 g/mol. The summed E-state index contributed by atoms with van der Waals surface area (Å²) in [6.45, 7) is 0. The van der Waals surface area contributed by atoms with Crippen LogP contribution in [-0.2, 0) is 7.05 Å². The van der Waals surface area contributed by atoms with E-state index in [1.54, 1.807) is 18.7 Å². The molecule has 0 atom stereocenters. The first kappa shape index (κ1) is 10.5.